The van der Waals surface area contributed by atoms with Gasteiger partial charge in [0, 0.05) is 12.6 Å². The zero-order valence-corrected chi connectivity index (χ0v) is 10.9. The normalized spacial score (nSPS) is 28.1. The molecule has 1 heterocycles. The summed E-state index contributed by atoms with van der Waals surface area (Å²) in [6, 6.07) is 0. The van der Waals surface area contributed by atoms with E-state index < -0.39 is 0 Å². The second-order valence-corrected chi connectivity index (χ2v) is 5.20. The summed E-state index contributed by atoms with van der Waals surface area (Å²) < 4.78 is 5.26. The van der Waals surface area contributed by atoms with Crippen molar-refractivity contribution in [1.29, 1.82) is 0 Å². The summed E-state index contributed by atoms with van der Waals surface area (Å²) in [4.78, 5) is 15.5. The molecule has 0 bridgehead atoms. The van der Waals surface area contributed by atoms with Crippen molar-refractivity contribution >= 4 is 5.91 Å². The van der Waals surface area contributed by atoms with Crippen molar-refractivity contribution in [3.05, 3.63) is 11.7 Å². The number of nitrogens with zero attached hydrogens (tertiary/aromatic N) is 2. The number of aromatic nitrogens is 2. The molecule has 3 N–H and O–H groups in total. The van der Waals surface area contributed by atoms with Crippen LogP contribution >= 0.6 is 0 Å². The van der Waals surface area contributed by atoms with Gasteiger partial charge in [0.25, 0.3) is 0 Å². The Morgan fingerprint density at radius 3 is 3.06 bits per heavy atom. The van der Waals surface area contributed by atoms with Gasteiger partial charge in [-0.3, -0.25) is 4.79 Å². The fraction of sp³-hybridized carbons (Fsp3) is 0.750. The summed E-state index contributed by atoms with van der Waals surface area (Å²) in [5.41, 5.74) is 5.99. The summed E-state index contributed by atoms with van der Waals surface area (Å²) in [7, 11) is 1.58. The Kier molecular flexibility index (Phi) is 3.65. The smallest absolute Gasteiger partial charge is 0.231 e. The predicted octanol–water partition coefficient (Wildman–Crippen LogP) is 0.733. The number of hydrogen-bond acceptors (Lipinski definition) is 5. The number of hydrogen-bond donors (Lipinski definition) is 2. The van der Waals surface area contributed by atoms with E-state index >= 15 is 0 Å². The van der Waals surface area contributed by atoms with Crippen LogP contribution in [0.5, 0.6) is 0 Å². The Morgan fingerprint density at radius 1 is 1.61 bits per heavy atom. The van der Waals surface area contributed by atoms with E-state index in [-0.39, 0.29) is 23.8 Å². The average molecular weight is 252 g/mol. The largest absolute Gasteiger partial charge is 0.359 e. The van der Waals surface area contributed by atoms with Crippen molar-refractivity contribution in [2.45, 2.75) is 50.5 Å². The second kappa shape index (κ2) is 5.06. The Labute approximate surface area is 106 Å². The van der Waals surface area contributed by atoms with Gasteiger partial charge in [0.05, 0.1) is 12.3 Å². The summed E-state index contributed by atoms with van der Waals surface area (Å²) >= 11 is 0. The minimum absolute atomic E-state index is 0.0946. The van der Waals surface area contributed by atoms with E-state index in [0.717, 1.165) is 25.7 Å². The molecule has 6 heteroatoms. The maximum absolute atomic E-state index is 11.2. The van der Waals surface area contributed by atoms with Gasteiger partial charge in [-0.25, -0.2) is 0 Å². The zero-order valence-electron chi connectivity index (χ0n) is 10.9. The molecule has 1 aromatic rings. The molecule has 0 spiro atoms. The average Bonchev–Trinajstić information content (AvgIpc) is 2.76. The summed E-state index contributed by atoms with van der Waals surface area (Å²) in [5.74, 6) is 0.961. The van der Waals surface area contributed by atoms with Crippen molar-refractivity contribution in [3.63, 3.8) is 0 Å². The molecule has 2 unspecified atom stereocenters. The van der Waals surface area contributed by atoms with Gasteiger partial charge in [0.1, 0.15) is 0 Å². The van der Waals surface area contributed by atoms with Crippen LogP contribution in [0.2, 0.25) is 0 Å². The van der Waals surface area contributed by atoms with E-state index in [1.54, 1.807) is 7.05 Å². The number of nitrogens with two attached hydrogens (primary N) is 1. The number of nitrogens with one attached hydrogen (secondary N) is 1. The minimum Gasteiger partial charge on any atom is -0.359 e. The van der Waals surface area contributed by atoms with Gasteiger partial charge in [0.2, 0.25) is 11.8 Å². The molecule has 0 saturated heterocycles. The number of carbonyl (C=O) groups excluding carboxylic acids is 1. The van der Waals surface area contributed by atoms with Gasteiger partial charge in [-0.1, -0.05) is 18.0 Å². The van der Waals surface area contributed by atoms with E-state index in [0.29, 0.717) is 11.7 Å². The summed E-state index contributed by atoms with van der Waals surface area (Å²) in [6.07, 6.45) is 4.35. The molecule has 2 atom stereocenters. The molecule has 1 fully saturated rings. The van der Waals surface area contributed by atoms with E-state index in [9.17, 15) is 4.79 Å². The van der Waals surface area contributed by atoms with Crippen molar-refractivity contribution in [2.24, 2.45) is 5.73 Å². The molecule has 1 saturated carbocycles. The lowest BCUT2D eigenvalue weighted by Gasteiger charge is -2.35. The van der Waals surface area contributed by atoms with Crippen LogP contribution < -0.4 is 11.1 Å². The summed E-state index contributed by atoms with van der Waals surface area (Å²) in [6.45, 7) is 2.03. The maximum Gasteiger partial charge on any atom is 0.231 e. The number of carbonyl (C=O) groups is 1. The topological polar surface area (TPSA) is 94.0 Å². The Hall–Kier alpha value is -1.43. The third kappa shape index (κ3) is 2.69. The van der Waals surface area contributed by atoms with Gasteiger partial charge in [-0.2, -0.15) is 4.98 Å². The molecule has 2 rings (SSSR count). The number of likely N-dealkylation sites (N-methyl/N-ethyl adjacent to an activating group) is 1. The van der Waals surface area contributed by atoms with Crippen LogP contribution in [0.3, 0.4) is 0 Å². The zero-order chi connectivity index (χ0) is 13.2. The molecule has 6 nitrogen and oxygen atoms in total. The molecule has 18 heavy (non-hydrogen) atoms. The Bertz CT molecular complexity index is 427. The highest BCUT2D eigenvalue weighted by Gasteiger charge is 2.37. The van der Waals surface area contributed by atoms with E-state index in [4.69, 9.17) is 10.3 Å². The van der Waals surface area contributed by atoms with E-state index in [2.05, 4.69) is 15.5 Å². The maximum atomic E-state index is 11.2. The van der Waals surface area contributed by atoms with Crippen molar-refractivity contribution in [2.75, 3.05) is 7.05 Å². The van der Waals surface area contributed by atoms with Gasteiger partial charge in [-0.05, 0) is 19.8 Å². The quantitative estimate of drug-likeness (QED) is 0.827. The third-order valence-electron chi connectivity index (χ3n) is 3.63. The number of rotatable bonds is 3. The fourth-order valence-electron chi connectivity index (χ4n) is 2.48. The van der Waals surface area contributed by atoms with E-state index in [1.807, 2.05) is 6.92 Å². The first kappa shape index (κ1) is 13.0. The summed E-state index contributed by atoms with van der Waals surface area (Å²) in [5, 5.41) is 6.38. The predicted molar refractivity (Wildman–Crippen MR) is 65.9 cm³/mol. The second-order valence-electron chi connectivity index (χ2n) is 5.20. The molecular formula is C12H20N4O2. The van der Waals surface area contributed by atoms with Crippen molar-refractivity contribution in [3.8, 4) is 0 Å². The van der Waals surface area contributed by atoms with Crippen LogP contribution in [0.1, 0.15) is 50.2 Å². The highest BCUT2D eigenvalue weighted by molar-refractivity contribution is 5.77. The van der Waals surface area contributed by atoms with Gasteiger partial charge in [0.15, 0.2) is 5.82 Å². The van der Waals surface area contributed by atoms with Crippen LogP contribution in [0, 0.1) is 0 Å². The standard InChI is InChI=1S/C12H20N4O2/c1-12(13)6-4-3-5-8(12)11-15-9(16-18-11)7-10(17)14-2/h8H,3-7,13H2,1-2H3,(H,14,17). The first-order valence-corrected chi connectivity index (χ1v) is 6.35. The molecular weight excluding hydrogens is 232 g/mol. The van der Waals surface area contributed by atoms with Crippen LogP contribution in [-0.4, -0.2) is 28.6 Å². The van der Waals surface area contributed by atoms with Gasteiger partial charge in [-0.15, -0.1) is 0 Å². The van der Waals surface area contributed by atoms with Crippen LogP contribution in [0.25, 0.3) is 0 Å². The third-order valence-corrected chi connectivity index (χ3v) is 3.63. The molecule has 1 aliphatic rings. The van der Waals surface area contributed by atoms with Gasteiger partial charge < -0.3 is 15.6 Å². The molecule has 100 valence electrons. The van der Waals surface area contributed by atoms with Crippen molar-refractivity contribution < 1.29 is 9.32 Å². The first-order valence-electron chi connectivity index (χ1n) is 6.35. The fourth-order valence-corrected chi connectivity index (χ4v) is 2.48. The van der Waals surface area contributed by atoms with Crippen molar-refractivity contribution in [1.82, 2.24) is 15.5 Å². The monoisotopic (exact) mass is 252 g/mol. The molecule has 0 aromatic carbocycles. The molecule has 0 aliphatic heterocycles. The van der Waals surface area contributed by atoms with Crippen LogP contribution in [0.4, 0.5) is 0 Å². The Balaban J connectivity index is 2.11. The molecule has 1 amide bonds. The number of amides is 1. The van der Waals surface area contributed by atoms with Gasteiger partial charge >= 0.3 is 0 Å². The lowest BCUT2D eigenvalue weighted by molar-refractivity contribution is -0.120. The first-order chi connectivity index (χ1) is 8.53. The molecule has 1 aromatic heterocycles. The van der Waals surface area contributed by atoms with Crippen LogP contribution in [-0.2, 0) is 11.2 Å². The highest BCUT2D eigenvalue weighted by Crippen LogP contribution is 2.38. The minimum atomic E-state index is -0.297. The molecule has 1 aliphatic carbocycles. The highest BCUT2D eigenvalue weighted by atomic mass is 16.5. The van der Waals surface area contributed by atoms with E-state index in [1.165, 1.54) is 0 Å². The van der Waals surface area contributed by atoms with Crippen LogP contribution in [0.15, 0.2) is 4.52 Å². The SMILES string of the molecule is CNC(=O)Cc1noc(C2CCCCC2(C)N)n1. The Morgan fingerprint density at radius 2 is 2.39 bits per heavy atom. The molecule has 0 radical (unpaired) electrons. The lowest BCUT2D eigenvalue weighted by atomic mass is 9.74. The lowest BCUT2D eigenvalue weighted by Crippen LogP contribution is -2.44.